The van der Waals surface area contributed by atoms with Crippen molar-refractivity contribution < 1.29 is 0 Å². The fourth-order valence-corrected chi connectivity index (χ4v) is 0.849. The standard InChI is InChI=1S/C9H9N/c1-3-8-4-5-9(10)6-7(8)2/h1,4-6H,10H2,2H3. The van der Waals surface area contributed by atoms with Crippen LogP contribution in [0.3, 0.4) is 0 Å². The molecule has 0 heterocycles. The number of hydrogen-bond acceptors (Lipinski definition) is 1. The number of nitrogen functional groups attached to an aromatic ring is 1. The summed E-state index contributed by atoms with van der Waals surface area (Å²) in [6.45, 7) is 1.95. The van der Waals surface area contributed by atoms with Crippen LogP contribution >= 0.6 is 0 Å². The molecular formula is C9H9N. The maximum Gasteiger partial charge on any atom is 0.0317 e. The molecule has 0 unspecified atom stereocenters. The molecule has 1 aromatic carbocycles. The summed E-state index contributed by atoms with van der Waals surface area (Å²) in [6.07, 6.45) is 5.21. The molecule has 2 N–H and O–H groups in total. The fraction of sp³-hybridized carbons (Fsp3) is 0.111. The van der Waals surface area contributed by atoms with Crippen LogP contribution in [-0.4, -0.2) is 0 Å². The molecule has 0 aromatic heterocycles. The van der Waals surface area contributed by atoms with Crippen molar-refractivity contribution in [2.75, 3.05) is 5.73 Å². The Morgan fingerprint density at radius 3 is 2.70 bits per heavy atom. The molecule has 0 aliphatic rings. The van der Waals surface area contributed by atoms with Gasteiger partial charge in [-0.05, 0) is 30.7 Å². The highest BCUT2D eigenvalue weighted by Crippen LogP contribution is 2.10. The number of benzene rings is 1. The van der Waals surface area contributed by atoms with Crippen LogP contribution in [0.1, 0.15) is 11.1 Å². The highest BCUT2D eigenvalue weighted by molar-refractivity contribution is 5.49. The first-order valence-electron chi connectivity index (χ1n) is 3.07. The molecular weight excluding hydrogens is 122 g/mol. The second-order valence-electron chi connectivity index (χ2n) is 2.22. The minimum absolute atomic E-state index is 0.761. The molecule has 0 aliphatic heterocycles. The number of rotatable bonds is 0. The van der Waals surface area contributed by atoms with E-state index in [1.807, 2.05) is 25.1 Å². The first kappa shape index (κ1) is 6.70. The summed E-state index contributed by atoms with van der Waals surface area (Å²) in [7, 11) is 0. The summed E-state index contributed by atoms with van der Waals surface area (Å²) >= 11 is 0. The SMILES string of the molecule is C#Cc1ccc(N)cc1C. The van der Waals surface area contributed by atoms with Crippen LogP contribution < -0.4 is 5.73 Å². The second kappa shape index (κ2) is 2.45. The zero-order valence-corrected chi connectivity index (χ0v) is 5.89. The fourth-order valence-electron chi connectivity index (χ4n) is 0.849. The Labute approximate surface area is 60.9 Å². The maximum absolute atomic E-state index is 5.51. The van der Waals surface area contributed by atoms with E-state index in [9.17, 15) is 0 Å². The van der Waals surface area contributed by atoms with Crippen LogP contribution in [0.4, 0.5) is 5.69 Å². The molecule has 10 heavy (non-hydrogen) atoms. The van der Waals surface area contributed by atoms with Crippen molar-refractivity contribution >= 4 is 5.69 Å². The summed E-state index contributed by atoms with van der Waals surface area (Å²) in [4.78, 5) is 0. The first-order chi connectivity index (χ1) is 4.74. The van der Waals surface area contributed by atoms with Gasteiger partial charge in [0.05, 0.1) is 0 Å². The lowest BCUT2D eigenvalue weighted by Gasteiger charge is -1.97. The second-order valence-corrected chi connectivity index (χ2v) is 2.22. The van der Waals surface area contributed by atoms with Crippen LogP contribution in [0.25, 0.3) is 0 Å². The van der Waals surface area contributed by atoms with E-state index in [-0.39, 0.29) is 0 Å². The molecule has 0 radical (unpaired) electrons. The van der Waals surface area contributed by atoms with E-state index in [1.165, 1.54) is 0 Å². The monoisotopic (exact) mass is 131 g/mol. The molecule has 0 amide bonds. The van der Waals surface area contributed by atoms with E-state index in [1.54, 1.807) is 0 Å². The van der Waals surface area contributed by atoms with Gasteiger partial charge in [0.1, 0.15) is 0 Å². The average molecular weight is 131 g/mol. The minimum Gasteiger partial charge on any atom is -0.399 e. The summed E-state index contributed by atoms with van der Waals surface area (Å²) in [5.41, 5.74) is 8.24. The molecule has 1 rings (SSSR count). The third kappa shape index (κ3) is 1.11. The molecule has 0 spiro atoms. The van der Waals surface area contributed by atoms with Crippen LogP contribution in [0.15, 0.2) is 18.2 Å². The third-order valence-electron chi connectivity index (χ3n) is 1.41. The predicted octanol–water partition coefficient (Wildman–Crippen LogP) is 1.56. The van der Waals surface area contributed by atoms with Gasteiger partial charge >= 0.3 is 0 Å². The van der Waals surface area contributed by atoms with Crippen molar-refractivity contribution in [1.29, 1.82) is 0 Å². The molecule has 1 aromatic rings. The van der Waals surface area contributed by atoms with Crippen molar-refractivity contribution in [3.63, 3.8) is 0 Å². The Balaban J connectivity index is 3.23. The average Bonchev–Trinajstić information content (AvgIpc) is 1.88. The number of nitrogens with two attached hydrogens (primary N) is 1. The molecule has 1 heteroatoms. The highest BCUT2D eigenvalue weighted by Gasteiger charge is 1.92. The molecule has 50 valence electrons. The summed E-state index contributed by atoms with van der Waals surface area (Å²) in [5.74, 6) is 2.57. The van der Waals surface area contributed by atoms with Crippen molar-refractivity contribution in [1.82, 2.24) is 0 Å². The molecule has 1 nitrogen and oxygen atoms in total. The zero-order valence-electron chi connectivity index (χ0n) is 5.89. The van der Waals surface area contributed by atoms with Crippen molar-refractivity contribution in [2.45, 2.75) is 6.92 Å². The molecule has 0 bridgehead atoms. The quantitative estimate of drug-likeness (QED) is 0.419. The van der Waals surface area contributed by atoms with Gasteiger partial charge in [-0.15, -0.1) is 6.42 Å². The molecule has 0 saturated carbocycles. The molecule has 0 fully saturated rings. The van der Waals surface area contributed by atoms with Crippen molar-refractivity contribution in [3.8, 4) is 12.3 Å². The minimum atomic E-state index is 0.761. The lowest BCUT2D eigenvalue weighted by Crippen LogP contribution is -1.87. The van der Waals surface area contributed by atoms with Gasteiger partial charge in [-0.1, -0.05) is 5.92 Å². The molecule has 0 atom stereocenters. The number of anilines is 1. The van der Waals surface area contributed by atoms with E-state index in [0.717, 1.165) is 16.8 Å². The lowest BCUT2D eigenvalue weighted by atomic mass is 10.1. The van der Waals surface area contributed by atoms with Gasteiger partial charge in [-0.25, -0.2) is 0 Å². The first-order valence-corrected chi connectivity index (χ1v) is 3.07. The molecule has 0 saturated heterocycles. The summed E-state index contributed by atoms with van der Waals surface area (Å²) in [5, 5.41) is 0. The van der Waals surface area contributed by atoms with E-state index in [4.69, 9.17) is 12.2 Å². The van der Waals surface area contributed by atoms with Gasteiger partial charge in [0.15, 0.2) is 0 Å². The molecule has 0 aliphatic carbocycles. The zero-order chi connectivity index (χ0) is 7.56. The summed E-state index contributed by atoms with van der Waals surface area (Å²) in [6, 6.07) is 5.53. The van der Waals surface area contributed by atoms with E-state index in [0.29, 0.717) is 0 Å². The van der Waals surface area contributed by atoms with Gasteiger partial charge in [-0.3, -0.25) is 0 Å². The van der Waals surface area contributed by atoms with Crippen molar-refractivity contribution in [2.24, 2.45) is 0 Å². The van der Waals surface area contributed by atoms with E-state index < -0.39 is 0 Å². The predicted molar refractivity (Wildman–Crippen MR) is 43.5 cm³/mol. The van der Waals surface area contributed by atoms with Gasteiger partial charge < -0.3 is 5.73 Å². The van der Waals surface area contributed by atoms with Gasteiger partial charge in [0.2, 0.25) is 0 Å². The number of terminal acetylenes is 1. The number of hydrogen-bond donors (Lipinski definition) is 1. The Morgan fingerprint density at radius 1 is 1.50 bits per heavy atom. The smallest absolute Gasteiger partial charge is 0.0317 e. The van der Waals surface area contributed by atoms with Gasteiger partial charge in [0, 0.05) is 11.3 Å². The Hall–Kier alpha value is -1.42. The van der Waals surface area contributed by atoms with Crippen LogP contribution in [-0.2, 0) is 0 Å². The largest absolute Gasteiger partial charge is 0.399 e. The lowest BCUT2D eigenvalue weighted by molar-refractivity contribution is 1.44. The van der Waals surface area contributed by atoms with Crippen molar-refractivity contribution in [3.05, 3.63) is 29.3 Å². The summed E-state index contributed by atoms with van der Waals surface area (Å²) < 4.78 is 0. The number of aryl methyl sites for hydroxylation is 1. The highest BCUT2D eigenvalue weighted by atomic mass is 14.5. The topological polar surface area (TPSA) is 26.0 Å². The van der Waals surface area contributed by atoms with Gasteiger partial charge in [0.25, 0.3) is 0 Å². The van der Waals surface area contributed by atoms with E-state index >= 15 is 0 Å². The Morgan fingerprint density at radius 2 is 2.20 bits per heavy atom. The van der Waals surface area contributed by atoms with Gasteiger partial charge in [-0.2, -0.15) is 0 Å². The third-order valence-corrected chi connectivity index (χ3v) is 1.41. The van der Waals surface area contributed by atoms with Crippen LogP contribution in [0.5, 0.6) is 0 Å². The Bertz CT molecular complexity index is 281. The van der Waals surface area contributed by atoms with E-state index in [2.05, 4.69) is 5.92 Å². The normalized spacial score (nSPS) is 8.80. The maximum atomic E-state index is 5.51. The van der Waals surface area contributed by atoms with Crippen LogP contribution in [0, 0.1) is 19.3 Å². The van der Waals surface area contributed by atoms with Crippen LogP contribution in [0.2, 0.25) is 0 Å². The Kier molecular flexibility index (Phi) is 1.64.